The normalized spacial score (nSPS) is 19.2. The van der Waals surface area contributed by atoms with Crippen LogP contribution in [-0.2, 0) is 4.84 Å². The molecule has 1 fully saturated rings. The number of aromatic nitrogens is 3. The summed E-state index contributed by atoms with van der Waals surface area (Å²) >= 11 is 6.64. The molecule has 0 saturated carbocycles. The number of hydrogen-bond acceptors (Lipinski definition) is 8. The number of rotatable bonds is 5. The average molecular weight is 456 g/mol. The van der Waals surface area contributed by atoms with Crippen molar-refractivity contribution in [3.63, 3.8) is 0 Å². The topological polar surface area (TPSA) is 90.6 Å². The van der Waals surface area contributed by atoms with Crippen LogP contribution in [0.3, 0.4) is 0 Å². The average Bonchev–Trinajstić information content (AvgIpc) is 3.35. The molecule has 0 bridgehead atoms. The maximum atomic E-state index is 6.64. The molecule has 1 atom stereocenters. The van der Waals surface area contributed by atoms with Gasteiger partial charge in [-0.2, -0.15) is 9.97 Å². The van der Waals surface area contributed by atoms with Gasteiger partial charge in [-0.1, -0.05) is 11.6 Å². The molecular formula is C22H26ClN7O2. The number of hydrogen-bond donors (Lipinski definition) is 3. The van der Waals surface area contributed by atoms with Gasteiger partial charge in [0.25, 0.3) is 0 Å². The molecule has 0 amide bonds. The molecule has 5 rings (SSSR count). The van der Waals surface area contributed by atoms with E-state index in [2.05, 4.69) is 37.6 Å². The predicted octanol–water partition coefficient (Wildman–Crippen LogP) is 3.64. The summed E-state index contributed by atoms with van der Waals surface area (Å²) in [5.41, 5.74) is 4.91. The number of nitrogens with zero attached hydrogens (tertiary/aromatic N) is 4. The highest BCUT2D eigenvalue weighted by Gasteiger charge is 2.21. The number of fused-ring (bicyclic) bond motifs is 1. The van der Waals surface area contributed by atoms with Gasteiger partial charge in [0.05, 0.1) is 5.02 Å². The van der Waals surface area contributed by atoms with Crippen molar-refractivity contribution < 1.29 is 9.57 Å². The number of anilines is 2. The summed E-state index contributed by atoms with van der Waals surface area (Å²) in [6.45, 7) is 7.58. The number of aromatic amines is 1. The SMILES string of the molecule is CC1=CC(Nc2cc(N3CCN(C)CC3)nc(Oc3ccc4[nH]c(C)cc4c3Cl)n2)NO1. The maximum Gasteiger partial charge on any atom is 0.325 e. The summed E-state index contributed by atoms with van der Waals surface area (Å²) in [5, 5.41) is 4.75. The molecule has 0 spiro atoms. The van der Waals surface area contributed by atoms with E-state index in [1.54, 1.807) is 0 Å². The van der Waals surface area contributed by atoms with Crippen LogP contribution < -0.4 is 20.4 Å². The minimum atomic E-state index is -0.194. The van der Waals surface area contributed by atoms with Crippen molar-refractivity contribution >= 4 is 34.1 Å². The highest BCUT2D eigenvalue weighted by atomic mass is 35.5. The Morgan fingerprint density at radius 2 is 1.97 bits per heavy atom. The van der Waals surface area contributed by atoms with Crippen LogP contribution >= 0.6 is 11.6 Å². The van der Waals surface area contributed by atoms with Gasteiger partial charge in [-0.25, -0.2) is 0 Å². The first-order chi connectivity index (χ1) is 15.4. The maximum absolute atomic E-state index is 6.64. The van der Waals surface area contributed by atoms with Gasteiger partial charge in [-0.15, -0.1) is 5.48 Å². The number of likely N-dealkylation sites (N-methyl/N-ethyl adjacent to an activating group) is 1. The molecule has 0 radical (unpaired) electrons. The summed E-state index contributed by atoms with van der Waals surface area (Å²) in [4.78, 5) is 22.4. The molecule has 2 aliphatic heterocycles. The lowest BCUT2D eigenvalue weighted by Gasteiger charge is -2.33. The third kappa shape index (κ3) is 4.32. The Hall–Kier alpha value is -3.01. The molecular weight excluding hydrogens is 430 g/mol. The van der Waals surface area contributed by atoms with E-state index in [9.17, 15) is 0 Å². The first-order valence-electron chi connectivity index (χ1n) is 10.6. The second kappa shape index (κ2) is 8.50. The molecule has 3 N–H and O–H groups in total. The quantitative estimate of drug-likeness (QED) is 0.537. The molecule has 2 aliphatic rings. The minimum absolute atomic E-state index is 0.194. The monoisotopic (exact) mass is 455 g/mol. The van der Waals surface area contributed by atoms with E-state index >= 15 is 0 Å². The molecule has 168 valence electrons. The third-order valence-corrected chi connectivity index (χ3v) is 6.00. The van der Waals surface area contributed by atoms with Gasteiger partial charge < -0.3 is 29.7 Å². The van der Waals surface area contributed by atoms with Gasteiger partial charge in [0, 0.05) is 48.8 Å². The number of piperazine rings is 1. The van der Waals surface area contributed by atoms with Crippen LogP contribution in [0.2, 0.25) is 5.02 Å². The standard InChI is InChI=1S/C22H26ClN7O2/c1-13-10-15-16(24-13)4-5-17(21(15)23)31-22-26-18(25-19-11-14(2)32-28-19)12-20(27-22)30-8-6-29(3)7-9-30/h4-5,10-12,19,24,28H,6-9H2,1-3H3,(H,25,26,27). The molecule has 1 saturated heterocycles. The first-order valence-corrected chi connectivity index (χ1v) is 11.0. The Kier molecular flexibility index (Phi) is 5.54. The van der Waals surface area contributed by atoms with E-state index in [1.165, 1.54) is 0 Å². The Morgan fingerprint density at radius 1 is 1.16 bits per heavy atom. The lowest BCUT2D eigenvalue weighted by atomic mass is 10.2. The fraction of sp³-hybridized carbons (Fsp3) is 0.364. The Balaban J connectivity index is 1.47. The number of ether oxygens (including phenoxy) is 1. The minimum Gasteiger partial charge on any atom is -0.423 e. The van der Waals surface area contributed by atoms with Crippen LogP contribution in [0.25, 0.3) is 10.9 Å². The second-order valence-corrected chi connectivity index (χ2v) is 8.57. The van der Waals surface area contributed by atoms with Crippen molar-refractivity contribution in [3.05, 3.63) is 46.8 Å². The lowest BCUT2D eigenvalue weighted by Crippen LogP contribution is -2.44. The molecule has 0 aliphatic carbocycles. The van der Waals surface area contributed by atoms with Gasteiger partial charge in [0.15, 0.2) is 0 Å². The van der Waals surface area contributed by atoms with Crippen LogP contribution in [-0.4, -0.2) is 59.2 Å². The van der Waals surface area contributed by atoms with E-state index in [0.29, 0.717) is 16.6 Å². The number of allylic oxidation sites excluding steroid dienone is 1. The number of aryl methyl sites for hydroxylation is 1. The molecule has 32 heavy (non-hydrogen) atoms. The highest BCUT2D eigenvalue weighted by Crippen LogP contribution is 2.36. The molecule has 9 nitrogen and oxygen atoms in total. The Labute approximate surface area is 191 Å². The van der Waals surface area contributed by atoms with Gasteiger partial charge in [0.2, 0.25) is 0 Å². The third-order valence-electron chi connectivity index (χ3n) is 5.61. The fourth-order valence-electron chi connectivity index (χ4n) is 3.88. The van der Waals surface area contributed by atoms with Gasteiger partial charge in [-0.3, -0.25) is 0 Å². The van der Waals surface area contributed by atoms with Gasteiger partial charge >= 0.3 is 6.01 Å². The zero-order valence-electron chi connectivity index (χ0n) is 18.3. The summed E-state index contributed by atoms with van der Waals surface area (Å²) in [5.74, 6) is 2.75. The largest absolute Gasteiger partial charge is 0.423 e. The van der Waals surface area contributed by atoms with Crippen molar-refractivity contribution in [3.8, 4) is 11.8 Å². The van der Waals surface area contributed by atoms with Crippen molar-refractivity contribution in [2.75, 3.05) is 43.4 Å². The molecule has 1 aromatic carbocycles. The number of hydroxylamine groups is 1. The Bertz CT molecular complexity index is 1170. The van der Waals surface area contributed by atoms with Gasteiger partial charge in [-0.05, 0) is 45.2 Å². The van der Waals surface area contributed by atoms with Crippen molar-refractivity contribution in [1.82, 2.24) is 25.3 Å². The van der Waals surface area contributed by atoms with Crippen LogP contribution in [0.1, 0.15) is 12.6 Å². The smallest absolute Gasteiger partial charge is 0.325 e. The summed E-state index contributed by atoms with van der Waals surface area (Å²) in [6, 6.07) is 7.94. The van der Waals surface area contributed by atoms with Crippen molar-refractivity contribution in [1.29, 1.82) is 0 Å². The number of H-pyrrole nitrogens is 1. The van der Waals surface area contributed by atoms with E-state index in [0.717, 1.165) is 54.4 Å². The van der Waals surface area contributed by atoms with Crippen molar-refractivity contribution in [2.24, 2.45) is 0 Å². The summed E-state index contributed by atoms with van der Waals surface area (Å²) < 4.78 is 6.09. The van der Waals surface area contributed by atoms with Gasteiger partial charge in [0.1, 0.15) is 29.3 Å². The van der Waals surface area contributed by atoms with E-state index in [1.807, 2.05) is 44.2 Å². The summed E-state index contributed by atoms with van der Waals surface area (Å²) in [6.07, 6.45) is 1.75. The van der Waals surface area contributed by atoms with Crippen molar-refractivity contribution in [2.45, 2.75) is 20.0 Å². The number of halogens is 1. The van der Waals surface area contributed by atoms with Crippen LogP contribution in [0.4, 0.5) is 11.6 Å². The Morgan fingerprint density at radius 3 is 2.72 bits per heavy atom. The highest BCUT2D eigenvalue weighted by molar-refractivity contribution is 6.37. The molecule has 4 heterocycles. The molecule has 3 aromatic rings. The second-order valence-electron chi connectivity index (χ2n) is 8.20. The predicted molar refractivity (Wildman–Crippen MR) is 125 cm³/mol. The fourth-order valence-corrected chi connectivity index (χ4v) is 4.14. The van der Waals surface area contributed by atoms with Crippen LogP contribution in [0.5, 0.6) is 11.8 Å². The zero-order valence-corrected chi connectivity index (χ0v) is 19.0. The van der Waals surface area contributed by atoms with E-state index < -0.39 is 0 Å². The lowest BCUT2D eigenvalue weighted by molar-refractivity contribution is 0.123. The number of benzene rings is 1. The number of nitrogens with one attached hydrogen (secondary N) is 3. The first kappa shape index (κ1) is 20.9. The van der Waals surface area contributed by atoms with Crippen LogP contribution in [0.15, 0.2) is 36.1 Å². The zero-order chi connectivity index (χ0) is 22.2. The van der Waals surface area contributed by atoms with E-state index in [4.69, 9.17) is 26.2 Å². The molecule has 2 aromatic heterocycles. The van der Waals surface area contributed by atoms with Crippen LogP contribution in [0, 0.1) is 6.92 Å². The molecule has 1 unspecified atom stereocenters. The van der Waals surface area contributed by atoms with E-state index in [-0.39, 0.29) is 12.2 Å². The molecule has 10 heteroatoms. The summed E-state index contributed by atoms with van der Waals surface area (Å²) in [7, 11) is 2.13.